The van der Waals surface area contributed by atoms with Gasteiger partial charge in [-0.1, -0.05) is 55.4 Å². The van der Waals surface area contributed by atoms with Crippen molar-refractivity contribution in [3.8, 4) is 0 Å². The van der Waals surface area contributed by atoms with Crippen molar-refractivity contribution >= 4 is 23.5 Å². The third-order valence-electron chi connectivity index (χ3n) is 4.55. The van der Waals surface area contributed by atoms with Crippen molar-refractivity contribution in [2.24, 2.45) is 0 Å². The lowest BCUT2D eigenvalue weighted by molar-refractivity contribution is -0.00849. The Bertz CT molecular complexity index is 886. The topological polar surface area (TPSA) is 0 Å². The third-order valence-corrected chi connectivity index (χ3v) is 4.98. The van der Waals surface area contributed by atoms with Crippen molar-refractivity contribution in [1.29, 1.82) is 0 Å². The summed E-state index contributed by atoms with van der Waals surface area (Å²) in [6.07, 6.45) is -1.35. The minimum atomic E-state index is -3.19. The van der Waals surface area contributed by atoms with Crippen LogP contribution in [0, 0.1) is 6.92 Å². The second-order valence-electron chi connectivity index (χ2n) is 6.45. The molecule has 2 aromatic rings. The van der Waals surface area contributed by atoms with Crippen molar-refractivity contribution in [2.75, 3.05) is 0 Å². The quantitative estimate of drug-likeness (QED) is 0.401. The Morgan fingerprint density at radius 3 is 2.39 bits per heavy atom. The van der Waals surface area contributed by atoms with Gasteiger partial charge in [0.25, 0.3) is 5.92 Å². The fourth-order valence-electron chi connectivity index (χ4n) is 2.83. The highest BCUT2D eigenvalue weighted by molar-refractivity contribution is 6.31. The average Bonchev–Trinajstić information content (AvgIpc) is 2.67. The third kappa shape index (κ3) is 4.82. The summed E-state index contributed by atoms with van der Waals surface area (Å²) in [5.74, 6) is -5.72. The highest BCUT2D eigenvalue weighted by Crippen LogP contribution is 2.37. The standard InChI is InChI=1S/C22H20ClF5/c1-4-14-6-7-16(11-18(14)22(27,28)5-2)20(24)12-17(21(25)26)15-8-9-19(23)13(3)10-15/h4,6-12,17,21H,1,5H2,2-3H3/b20-12-. The maximum Gasteiger partial charge on any atom is 0.273 e. The zero-order valence-electron chi connectivity index (χ0n) is 15.5. The molecule has 0 aliphatic carbocycles. The van der Waals surface area contributed by atoms with Crippen LogP contribution in [-0.4, -0.2) is 6.43 Å². The van der Waals surface area contributed by atoms with E-state index in [9.17, 15) is 22.0 Å². The summed E-state index contributed by atoms with van der Waals surface area (Å²) < 4.78 is 70.2. The van der Waals surface area contributed by atoms with E-state index in [0.29, 0.717) is 10.6 Å². The number of alkyl halides is 4. The lowest BCUT2D eigenvalue weighted by atomic mass is 9.94. The Kier molecular flexibility index (Phi) is 7.05. The van der Waals surface area contributed by atoms with Crippen LogP contribution >= 0.6 is 11.6 Å². The summed E-state index contributed by atoms with van der Waals surface area (Å²) in [5.41, 5.74) is 0.363. The molecule has 28 heavy (non-hydrogen) atoms. The monoisotopic (exact) mass is 414 g/mol. The van der Waals surface area contributed by atoms with E-state index >= 15 is 0 Å². The molecule has 0 heterocycles. The number of allylic oxidation sites excluding steroid dienone is 1. The maximum absolute atomic E-state index is 14.7. The number of hydrogen-bond donors (Lipinski definition) is 0. The fraction of sp³-hybridized carbons (Fsp3) is 0.273. The van der Waals surface area contributed by atoms with Gasteiger partial charge in [-0.3, -0.25) is 0 Å². The van der Waals surface area contributed by atoms with Gasteiger partial charge >= 0.3 is 0 Å². The summed E-state index contributed by atoms with van der Waals surface area (Å²) in [6, 6.07) is 7.88. The van der Waals surface area contributed by atoms with Crippen LogP contribution in [-0.2, 0) is 5.92 Å². The van der Waals surface area contributed by atoms with E-state index in [2.05, 4.69) is 6.58 Å². The summed E-state index contributed by atoms with van der Waals surface area (Å²) in [6.45, 7) is 6.45. The molecule has 1 atom stereocenters. The van der Waals surface area contributed by atoms with Crippen LogP contribution in [0.1, 0.15) is 47.1 Å². The van der Waals surface area contributed by atoms with E-state index in [1.807, 2.05) is 0 Å². The van der Waals surface area contributed by atoms with Crippen LogP contribution < -0.4 is 0 Å². The van der Waals surface area contributed by atoms with Gasteiger partial charge in [-0.05, 0) is 41.8 Å². The van der Waals surface area contributed by atoms with Gasteiger partial charge in [0.1, 0.15) is 5.83 Å². The maximum atomic E-state index is 14.7. The fourth-order valence-corrected chi connectivity index (χ4v) is 2.95. The predicted octanol–water partition coefficient (Wildman–Crippen LogP) is 8.15. The Balaban J connectivity index is 2.51. The number of rotatable bonds is 7. The first-order valence-corrected chi connectivity index (χ1v) is 9.05. The van der Waals surface area contributed by atoms with Crippen molar-refractivity contribution in [2.45, 2.75) is 38.5 Å². The van der Waals surface area contributed by atoms with E-state index in [1.54, 1.807) is 6.92 Å². The van der Waals surface area contributed by atoms with Gasteiger partial charge in [0, 0.05) is 22.6 Å². The molecule has 6 heteroatoms. The van der Waals surface area contributed by atoms with Crippen LogP contribution in [0.25, 0.3) is 11.9 Å². The number of benzene rings is 2. The molecular weight excluding hydrogens is 395 g/mol. The number of hydrogen-bond acceptors (Lipinski definition) is 0. The smallest absolute Gasteiger partial charge is 0.209 e. The minimum absolute atomic E-state index is 0.169. The first-order chi connectivity index (χ1) is 13.1. The molecular formula is C22H20ClF5. The van der Waals surface area contributed by atoms with E-state index in [4.69, 9.17) is 11.6 Å². The lowest BCUT2D eigenvalue weighted by Gasteiger charge is -2.18. The van der Waals surface area contributed by atoms with Gasteiger partial charge in [-0.15, -0.1) is 0 Å². The van der Waals surface area contributed by atoms with Gasteiger partial charge in [0.2, 0.25) is 6.43 Å². The number of halogens is 6. The molecule has 0 spiro atoms. The zero-order valence-corrected chi connectivity index (χ0v) is 16.2. The van der Waals surface area contributed by atoms with Crippen LogP contribution in [0.2, 0.25) is 5.02 Å². The second kappa shape index (κ2) is 8.91. The van der Waals surface area contributed by atoms with E-state index in [-0.39, 0.29) is 22.3 Å². The minimum Gasteiger partial charge on any atom is -0.209 e. The molecule has 1 unspecified atom stereocenters. The summed E-state index contributed by atoms with van der Waals surface area (Å²) in [4.78, 5) is 0. The SMILES string of the molecule is C=Cc1ccc(/C(F)=C/C(c2ccc(Cl)c(C)c2)C(F)F)cc1C(F)(F)CC. The van der Waals surface area contributed by atoms with Crippen LogP contribution in [0.3, 0.4) is 0 Å². The van der Waals surface area contributed by atoms with E-state index < -0.39 is 30.5 Å². The van der Waals surface area contributed by atoms with Crippen molar-refractivity contribution in [3.63, 3.8) is 0 Å². The van der Waals surface area contributed by atoms with Gasteiger partial charge in [0.15, 0.2) is 0 Å². The van der Waals surface area contributed by atoms with E-state index in [1.165, 1.54) is 43.3 Å². The molecule has 0 radical (unpaired) electrons. The molecule has 0 bridgehead atoms. The molecule has 0 saturated carbocycles. The Labute approximate surface area is 166 Å². The van der Waals surface area contributed by atoms with Crippen molar-refractivity contribution in [1.82, 2.24) is 0 Å². The summed E-state index contributed by atoms with van der Waals surface area (Å²) in [5, 5.41) is 0.410. The van der Waals surface area contributed by atoms with Gasteiger partial charge < -0.3 is 0 Å². The molecule has 150 valence electrons. The molecule has 0 N–H and O–H groups in total. The normalized spacial score (nSPS) is 13.7. The van der Waals surface area contributed by atoms with Crippen LogP contribution in [0.5, 0.6) is 0 Å². The molecule has 2 rings (SSSR count). The number of aryl methyl sites for hydroxylation is 1. The van der Waals surface area contributed by atoms with E-state index in [0.717, 1.165) is 12.1 Å². The zero-order chi connectivity index (χ0) is 21.1. The van der Waals surface area contributed by atoms with Gasteiger partial charge in [0.05, 0.1) is 5.92 Å². The predicted molar refractivity (Wildman–Crippen MR) is 105 cm³/mol. The molecule has 0 aliphatic heterocycles. The van der Waals surface area contributed by atoms with Crippen LogP contribution in [0.4, 0.5) is 22.0 Å². The Morgan fingerprint density at radius 1 is 1.18 bits per heavy atom. The highest BCUT2D eigenvalue weighted by atomic mass is 35.5. The van der Waals surface area contributed by atoms with Crippen LogP contribution in [0.15, 0.2) is 49.1 Å². The Hall–Kier alpha value is -2.14. The molecule has 0 fully saturated rings. The molecule has 0 aliphatic rings. The average molecular weight is 415 g/mol. The second-order valence-corrected chi connectivity index (χ2v) is 6.85. The molecule has 0 aromatic heterocycles. The largest absolute Gasteiger partial charge is 0.273 e. The van der Waals surface area contributed by atoms with Crippen molar-refractivity contribution < 1.29 is 22.0 Å². The first kappa shape index (κ1) is 22.2. The summed E-state index contributed by atoms with van der Waals surface area (Å²) >= 11 is 5.91. The highest BCUT2D eigenvalue weighted by Gasteiger charge is 2.31. The molecule has 0 saturated heterocycles. The Morgan fingerprint density at radius 2 is 1.86 bits per heavy atom. The van der Waals surface area contributed by atoms with Gasteiger partial charge in [-0.25, -0.2) is 22.0 Å². The van der Waals surface area contributed by atoms with Gasteiger partial charge in [-0.2, -0.15) is 0 Å². The molecule has 0 amide bonds. The summed E-state index contributed by atoms with van der Waals surface area (Å²) in [7, 11) is 0. The first-order valence-electron chi connectivity index (χ1n) is 8.67. The molecule has 0 nitrogen and oxygen atoms in total. The van der Waals surface area contributed by atoms with Crippen molar-refractivity contribution in [3.05, 3.63) is 81.9 Å². The molecule has 2 aromatic carbocycles. The lowest BCUT2D eigenvalue weighted by Crippen LogP contribution is -2.13.